The van der Waals surface area contributed by atoms with Crippen molar-refractivity contribution in [3.63, 3.8) is 0 Å². The second-order valence-corrected chi connectivity index (χ2v) is 8.53. The van der Waals surface area contributed by atoms with Crippen molar-refractivity contribution in [2.45, 2.75) is 46.6 Å². The quantitative estimate of drug-likeness (QED) is 0.370. The van der Waals surface area contributed by atoms with Gasteiger partial charge in [-0.05, 0) is 45.6 Å². The Morgan fingerprint density at radius 3 is 2.74 bits per heavy atom. The summed E-state index contributed by atoms with van der Waals surface area (Å²) in [7, 11) is -1.98. The molecule has 2 N–H and O–H groups in total. The molecule has 1 aromatic rings. The Hall–Kier alpha value is -1.82. The van der Waals surface area contributed by atoms with Crippen LogP contribution >= 0.6 is 7.60 Å². The van der Waals surface area contributed by atoms with Gasteiger partial charge in [0.15, 0.2) is 0 Å². The Kier molecular flexibility index (Phi) is 7.09. The summed E-state index contributed by atoms with van der Waals surface area (Å²) < 4.78 is 27.0. The van der Waals surface area contributed by atoms with Gasteiger partial charge in [0.2, 0.25) is 0 Å². The lowest BCUT2D eigenvalue weighted by molar-refractivity contribution is 0.0533. The van der Waals surface area contributed by atoms with Gasteiger partial charge in [0.25, 0.3) is 0 Å². The Morgan fingerprint density at radius 2 is 2.11 bits per heavy atom. The molecule has 0 spiro atoms. The van der Waals surface area contributed by atoms with Crippen LogP contribution < -0.4 is 4.74 Å². The molecule has 0 amide bonds. The van der Waals surface area contributed by atoms with Crippen LogP contribution in [0.5, 0.6) is 11.5 Å². The number of hydrogen-bond donors (Lipinski definition) is 2. The number of phenolic OH excluding ortho intramolecular Hbond substituents is 1. The molecular weight excluding hydrogens is 371 g/mol. The van der Waals surface area contributed by atoms with Crippen LogP contribution in [0.25, 0.3) is 0 Å². The first-order valence-electron chi connectivity index (χ1n) is 8.92. The third-order valence-electron chi connectivity index (χ3n) is 4.64. The molecule has 2 rings (SSSR count). The van der Waals surface area contributed by atoms with E-state index < -0.39 is 13.6 Å². The van der Waals surface area contributed by atoms with Gasteiger partial charge < -0.3 is 24.0 Å². The lowest BCUT2D eigenvalue weighted by Crippen LogP contribution is -2.03. The van der Waals surface area contributed by atoms with Crippen LogP contribution in [0, 0.1) is 6.92 Å². The van der Waals surface area contributed by atoms with E-state index in [1.807, 2.05) is 19.9 Å². The van der Waals surface area contributed by atoms with Crippen molar-refractivity contribution in [3.8, 4) is 11.5 Å². The summed E-state index contributed by atoms with van der Waals surface area (Å²) >= 11 is 0. The van der Waals surface area contributed by atoms with Crippen molar-refractivity contribution in [2.75, 3.05) is 19.9 Å². The van der Waals surface area contributed by atoms with Crippen LogP contribution in [0.4, 0.5) is 0 Å². The van der Waals surface area contributed by atoms with Crippen molar-refractivity contribution in [1.29, 1.82) is 0 Å². The third kappa shape index (κ3) is 4.92. The van der Waals surface area contributed by atoms with E-state index in [2.05, 4.69) is 0 Å². The van der Waals surface area contributed by atoms with E-state index in [0.29, 0.717) is 36.1 Å². The van der Waals surface area contributed by atoms with Gasteiger partial charge in [-0.1, -0.05) is 11.6 Å². The Labute approximate surface area is 159 Å². The fraction of sp³-hybridized carbons (Fsp3) is 0.526. The minimum Gasteiger partial charge on any atom is -0.507 e. The number of phenols is 1. The van der Waals surface area contributed by atoms with E-state index >= 15 is 0 Å². The van der Waals surface area contributed by atoms with Gasteiger partial charge >= 0.3 is 13.6 Å². The van der Waals surface area contributed by atoms with Crippen molar-refractivity contribution in [2.24, 2.45) is 0 Å². The van der Waals surface area contributed by atoms with Gasteiger partial charge in [-0.2, -0.15) is 0 Å². The van der Waals surface area contributed by atoms with Crippen LogP contribution in [-0.2, 0) is 26.9 Å². The second-order valence-electron chi connectivity index (χ2n) is 6.55. The molecule has 1 aromatic carbocycles. The Balaban J connectivity index is 2.14. The number of hydrogen-bond acceptors (Lipinski definition) is 6. The van der Waals surface area contributed by atoms with Crippen molar-refractivity contribution in [3.05, 3.63) is 33.9 Å². The molecule has 27 heavy (non-hydrogen) atoms. The van der Waals surface area contributed by atoms with Gasteiger partial charge in [-0.15, -0.1) is 0 Å². The topological polar surface area (TPSA) is 102 Å². The molecule has 0 aromatic heterocycles. The molecule has 1 unspecified atom stereocenters. The summed E-state index contributed by atoms with van der Waals surface area (Å²) in [5, 5.41) is 10.6. The molecule has 0 saturated carbocycles. The number of esters is 1. The molecule has 1 aliphatic heterocycles. The van der Waals surface area contributed by atoms with Crippen LogP contribution in [0.1, 0.15) is 53.7 Å². The Morgan fingerprint density at radius 1 is 1.41 bits per heavy atom. The number of rotatable bonds is 9. The number of carbonyl (C=O) groups is 1. The number of fused-ring (bicyclic) bond motifs is 1. The third-order valence-corrected chi connectivity index (χ3v) is 6.19. The van der Waals surface area contributed by atoms with E-state index in [1.165, 1.54) is 7.11 Å². The summed E-state index contributed by atoms with van der Waals surface area (Å²) in [5.74, 6) is -0.0789. The molecule has 0 aliphatic carbocycles. The first kappa shape index (κ1) is 21.5. The van der Waals surface area contributed by atoms with E-state index in [1.54, 1.807) is 6.92 Å². The molecule has 8 heteroatoms. The lowest BCUT2D eigenvalue weighted by atomic mass is 9.94. The molecule has 1 aliphatic rings. The summed E-state index contributed by atoms with van der Waals surface area (Å²) in [4.78, 5) is 21.5. The molecule has 1 atom stereocenters. The SMILES string of the molecule is CCOP(=O)(O)CCC/C(C)=C/Cc1c(O)c2c(c(C)c1OC)COC2=O. The highest BCUT2D eigenvalue weighted by molar-refractivity contribution is 7.52. The number of carbonyl (C=O) groups excluding carboxylic acids is 1. The average Bonchev–Trinajstić information content (AvgIpc) is 2.98. The van der Waals surface area contributed by atoms with Crippen molar-refractivity contribution >= 4 is 13.6 Å². The van der Waals surface area contributed by atoms with E-state index in [-0.39, 0.29) is 30.7 Å². The van der Waals surface area contributed by atoms with Gasteiger partial charge in [-0.3, -0.25) is 4.57 Å². The lowest BCUT2D eigenvalue weighted by Gasteiger charge is -2.16. The zero-order valence-electron chi connectivity index (χ0n) is 16.2. The van der Waals surface area contributed by atoms with Gasteiger partial charge in [0.05, 0.1) is 19.9 Å². The fourth-order valence-electron chi connectivity index (χ4n) is 3.23. The van der Waals surface area contributed by atoms with Crippen molar-refractivity contribution < 1.29 is 33.4 Å². The predicted molar refractivity (Wildman–Crippen MR) is 102 cm³/mol. The first-order chi connectivity index (χ1) is 12.7. The highest BCUT2D eigenvalue weighted by Gasteiger charge is 2.31. The molecule has 1 heterocycles. The number of ether oxygens (including phenoxy) is 2. The number of methoxy groups -OCH3 is 1. The molecule has 7 nitrogen and oxygen atoms in total. The van der Waals surface area contributed by atoms with Crippen LogP contribution in [0.15, 0.2) is 11.6 Å². The molecule has 0 radical (unpaired) electrons. The summed E-state index contributed by atoms with van der Waals surface area (Å²) in [5.41, 5.74) is 3.21. The van der Waals surface area contributed by atoms with Crippen LogP contribution in [-0.4, -0.2) is 35.8 Å². The largest absolute Gasteiger partial charge is 0.507 e. The maximum atomic E-state index is 11.9. The van der Waals surface area contributed by atoms with Gasteiger partial charge in [-0.25, -0.2) is 4.79 Å². The highest BCUT2D eigenvalue weighted by atomic mass is 31.2. The van der Waals surface area contributed by atoms with E-state index in [9.17, 15) is 19.4 Å². The summed E-state index contributed by atoms with van der Waals surface area (Å²) in [6.45, 7) is 5.79. The smallest absolute Gasteiger partial charge is 0.342 e. The summed E-state index contributed by atoms with van der Waals surface area (Å²) in [6, 6.07) is 0. The Bertz CT molecular complexity index is 798. The average molecular weight is 398 g/mol. The molecule has 0 fully saturated rings. The zero-order chi connectivity index (χ0) is 20.2. The normalized spacial score (nSPS) is 16.0. The number of allylic oxidation sites excluding steroid dienone is 2. The van der Waals surface area contributed by atoms with Crippen LogP contribution in [0.2, 0.25) is 0 Å². The minimum absolute atomic E-state index is 0.102. The monoisotopic (exact) mass is 398 g/mol. The predicted octanol–water partition coefficient (Wildman–Crippen LogP) is 3.87. The number of cyclic esters (lactones) is 1. The second kappa shape index (κ2) is 8.91. The first-order valence-corrected chi connectivity index (χ1v) is 10.7. The van der Waals surface area contributed by atoms with Gasteiger partial charge in [0, 0.05) is 11.1 Å². The standard InChI is InChI=1S/C19H27O7P/c1-5-26-27(22,23)10-6-7-12(2)8-9-14-17(20)16-15(11-25-19(16)21)13(3)18(14)24-4/h8,20H,5-7,9-11H2,1-4H3,(H,22,23)/b12-8+. The highest BCUT2D eigenvalue weighted by Crippen LogP contribution is 2.43. The minimum atomic E-state index is -3.51. The zero-order valence-corrected chi connectivity index (χ0v) is 17.1. The number of benzene rings is 1. The van der Waals surface area contributed by atoms with Crippen molar-refractivity contribution in [1.82, 2.24) is 0 Å². The molecular formula is C19H27O7P. The van der Waals surface area contributed by atoms with E-state index in [0.717, 1.165) is 11.1 Å². The molecule has 0 saturated heterocycles. The maximum absolute atomic E-state index is 11.9. The van der Waals surface area contributed by atoms with Gasteiger partial charge in [0.1, 0.15) is 23.7 Å². The fourth-order valence-corrected chi connectivity index (χ4v) is 4.32. The van der Waals surface area contributed by atoms with E-state index in [4.69, 9.17) is 14.0 Å². The summed E-state index contributed by atoms with van der Waals surface area (Å²) in [6.07, 6.45) is 3.56. The van der Waals surface area contributed by atoms with Crippen LogP contribution in [0.3, 0.4) is 0 Å². The molecule has 0 bridgehead atoms. The maximum Gasteiger partial charge on any atom is 0.342 e. The molecule has 150 valence electrons. The number of aromatic hydroxyl groups is 1.